The van der Waals surface area contributed by atoms with Gasteiger partial charge in [0.25, 0.3) is 0 Å². The van der Waals surface area contributed by atoms with E-state index in [1.54, 1.807) is 36.0 Å². The van der Waals surface area contributed by atoms with Crippen LogP contribution in [0.2, 0.25) is 0 Å². The minimum absolute atomic E-state index is 0.449. The maximum absolute atomic E-state index is 5.98. The lowest BCUT2D eigenvalue weighted by atomic mass is 10.0. The molecule has 13 heterocycles. The zero-order chi connectivity index (χ0) is 62.1. The summed E-state index contributed by atoms with van der Waals surface area (Å²) in [5, 5.41) is 72.1. The molecule has 14 aliphatic rings. The molecule has 0 amide bonds. The van der Waals surface area contributed by atoms with Crippen molar-refractivity contribution in [1.82, 2.24) is 132 Å². The molecule has 500 valence electrons. The van der Waals surface area contributed by atoms with Gasteiger partial charge in [0.15, 0.2) is 6.33 Å². The number of nitrogens with one attached hydrogen (secondary N) is 7. The van der Waals surface area contributed by atoms with Gasteiger partial charge in [-0.2, -0.15) is 30.0 Å². The summed E-state index contributed by atoms with van der Waals surface area (Å²) in [6.07, 6.45) is 36.1. The lowest BCUT2D eigenvalue weighted by molar-refractivity contribution is 0.199. The number of aromatic nitrogens is 19. The summed E-state index contributed by atoms with van der Waals surface area (Å²) in [5.74, 6) is 13.2. The van der Waals surface area contributed by atoms with Gasteiger partial charge >= 0.3 is 0 Å². The van der Waals surface area contributed by atoms with Crippen molar-refractivity contribution in [3.05, 3.63) is 98.9 Å². The molecule has 14 fully saturated rings. The van der Waals surface area contributed by atoms with Gasteiger partial charge in [0.05, 0.1) is 60.9 Å². The van der Waals surface area contributed by atoms with Crippen molar-refractivity contribution < 1.29 is 4.74 Å². The Morgan fingerprint density at radius 2 is 0.753 bits per heavy atom. The molecule has 7 aliphatic carbocycles. The summed E-state index contributed by atoms with van der Waals surface area (Å²) in [5.41, 5.74) is 0. The summed E-state index contributed by atoms with van der Waals surface area (Å²) < 4.78 is 14.1. The van der Waals surface area contributed by atoms with Gasteiger partial charge in [-0.1, -0.05) is 23.4 Å². The first-order chi connectivity index (χ1) is 46.0. The number of para-hydroxylation sites is 1. The SMILES string of the molecule is c1ccc(OC2CC3CNCC3C2)cc1.c1cn(C2CC3CNCC3C2)nn1.c1cnn(C2CC3CNCC3C2)c1.c1cnn(C2CC3CNCC3C2)n1.c1ncn(C2CC3CNCC3C2)n1.c1nnn(C2CC3CNCC3C2)n1.c1nnnn1C1CC2CNCC2C1. The molecule has 93 heavy (non-hydrogen) atoms. The van der Waals surface area contributed by atoms with Gasteiger partial charge in [-0.3, -0.25) is 4.68 Å². The number of benzene rings is 1. The fourth-order valence-electron chi connectivity index (χ4n) is 19.4. The number of hydrogen-bond donors (Lipinski definition) is 7. The third kappa shape index (κ3) is 15.3. The van der Waals surface area contributed by atoms with E-state index in [4.69, 9.17) is 4.74 Å². The molecule has 7 saturated heterocycles. The molecule has 21 rings (SSSR count). The van der Waals surface area contributed by atoms with Crippen molar-refractivity contribution in [3.8, 4) is 5.75 Å². The molecule has 0 bridgehead atoms. The maximum atomic E-state index is 5.98. The molecule has 14 atom stereocenters. The summed E-state index contributed by atoms with van der Waals surface area (Å²) in [7, 11) is 0. The molecule has 14 unspecified atom stereocenters. The molecular formula is C66H100N26O. The van der Waals surface area contributed by atoms with Crippen molar-refractivity contribution in [2.45, 2.75) is 132 Å². The minimum Gasteiger partial charge on any atom is -0.490 e. The Labute approximate surface area is 546 Å². The zero-order valence-electron chi connectivity index (χ0n) is 54.1. The number of tetrazole rings is 2. The molecular weight excluding hydrogens is 1170 g/mol. The Morgan fingerprint density at radius 3 is 1.15 bits per heavy atom. The predicted octanol–water partition coefficient (Wildman–Crippen LogP) is 4.15. The molecule has 7 N–H and O–H groups in total. The number of hydrogen-bond acceptors (Lipinski definition) is 21. The number of rotatable bonds is 8. The van der Waals surface area contributed by atoms with Crippen molar-refractivity contribution in [2.24, 2.45) is 82.9 Å². The third-order valence-corrected chi connectivity index (χ3v) is 24.2. The average Bonchev–Trinajstić information content (AvgIpc) is 2.44. The highest BCUT2D eigenvalue weighted by molar-refractivity contribution is 5.21. The van der Waals surface area contributed by atoms with Crippen LogP contribution in [0, 0.1) is 82.9 Å². The smallest absolute Gasteiger partial charge is 0.162 e. The summed E-state index contributed by atoms with van der Waals surface area (Å²) >= 11 is 0. The quantitative estimate of drug-likeness (QED) is 0.112. The Hall–Kier alpha value is -6.49. The molecule has 1 aromatic carbocycles. The standard InChI is InChI=1S/C13H17NO.C10H15N3.3C9H14N4.2C8H13N5/c1-2-4-12(5-3-1)15-13-6-10-8-14-9-11(10)7-13;1-2-12-13(3-1)10-4-8-6-11-7-9(8)5-10;1-7-3-10-4-8(7)2-9(1)13-6-11-5-12-13;1-2-13(12-11-1)9-3-7-5-10-6-8(7)4-9;1-2-12-13(11-1)9-3-7-5-10-6-8(7)4-9;1-6-3-9-4-7(6)2-8(1)13-5-10-11-12-13;1-6-3-9-4-7(6)2-8(1)13-11-5-10-12-13/h1-5,10-11,13-14H,6-9H2;1-3,8-11H,4-7H2;5-10H,1-4H2;2*1-2,7-10H,3-6H2;2*5-9H,1-4H2. The van der Waals surface area contributed by atoms with Gasteiger partial charge in [0.1, 0.15) is 24.7 Å². The van der Waals surface area contributed by atoms with E-state index in [0.717, 1.165) is 88.6 Å². The second kappa shape index (κ2) is 30.1. The molecule has 0 radical (unpaired) electrons. The fourth-order valence-corrected chi connectivity index (χ4v) is 19.4. The Bertz CT molecular complexity index is 2680. The second-order valence-electron chi connectivity index (χ2n) is 29.7. The normalized spacial score (nSPS) is 37.4. The number of nitrogens with zero attached hydrogens (tertiary/aromatic N) is 19. The van der Waals surface area contributed by atoms with E-state index in [1.807, 2.05) is 74.0 Å². The van der Waals surface area contributed by atoms with E-state index in [1.165, 1.54) is 188 Å². The van der Waals surface area contributed by atoms with Crippen LogP contribution < -0.4 is 42.0 Å². The zero-order valence-corrected chi connectivity index (χ0v) is 54.1. The van der Waals surface area contributed by atoms with Crippen LogP contribution in [0.25, 0.3) is 0 Å². The van der Waals surface area contributed by atoms with Crippen LogP contribution in [0.15, 0.2) is 98.9 Å². The molecule has 7 saturated carbocycles. The van der Waals surface area contributed by atoms with E-state index in [9.17, 15) is 0 Å². The summed E-state index contributed by atoms with van der Waals surface area (Å²) in [6, 6.07) is 15.7. The number of ether oxygens (including phenoxy) is 1. The second-order valence-corrected chi connectivity index (χ2v) is 29.7. The first-order valence-electron chi connectivity index (χ1n) is 35.7. The van der Waals surface area contributed by atoms with Crippen LogP contribution in [-0.2, 0) is 0 Å². The topological polar surface area (TPSA) is 291 Å². The van der Waals surface area contributed by atoms with E-state index in [0.29, 0.717) is 42.4 Å². The van der Waals surface area contributed by atoms with E-state index in [-0.39, 0.29) is 0 Å². The number of fused-ring (bicyclic) bond motifs is 7. The van der Waals surface area contributed by atoms with Crippen molar-refractivity contribution in [2.75, 3.05) is 91.6 Å². The van der Waals surface area contributed by atoms with Gasteiger partial charge in [0, 0.05) is 18.6 Å². The van der Waals surface area contributed by atoms with Gasteiger partial charge in [-0.05, 0) is 298 Å². The Balaban J connectivity index is 0.0000000898. The van der Waals surface area contributed by atoms with Gasteiger partial charge in [0.2, 0.25) is 0 Å². The fraction of sp³-hybridized carbons (Fsp3) is 0.742. The van der Waals surface area contributed by atoms with Crippen LogP contribution in [0.3, 0.4) is 0 Å². The van der Waals surface area contributed by atoms with E-state index < -0.39 is 0 Å². The first-order valence-corrected chi connectivity index (χ1v) is 35.7. The molecule has 6 aromatic heterocycles. The van der Waals surface area contributed by atoms with Gasteiger partial charge < -0.3 is 42.0 Å². The van der Waals surface area contributed by atoms with Crippen molar-refractivity contribution in [1.29, 1.82) is 0 Å². The Kier molecular flexibility index (Phi) is 20.2. The maximum Gasteiger partial charge on any atom is 0.162 e. The first kappa shape index (κ1) is 62.6. The van der Waals surface area contributed by atoms with Crippen molar-refractivity contribution in [3.63, 3.8) is 0 Å². The lowest BCUT2D eigenvalue weighted by Gasteiger charge is -2.14. The molecule has 27 heteroatoms. The predicted molar refractivity (Wildman–Crippen MR) is 347 cm³/mol. The van der Waals surface area contributed by atoms with E-state index >= 15 is 0 Å². The summed E-state index contributed by atoms with van der Waals surface area (Å²) in [4.78, 5) is 7.66. The lowest BCUT2D eigenvalue weighted by Crippen LogP contribution is -2.18. The monoisotopic (exact) mass is 1270 g/mol. The van der Waals surface area contributed by atoms with E-state index in [2.05, 4.69) is 115 Å². The minimum atomic E-state index is 0.449. The van der Waals surface area contributed by atoms with Crippen molar-refractivity contribution >= 4 is 0 Å². The van der Waals surface area contributed by atoms with Crippen LogP contribution in [0.1, 0.15) is 126 Å². The molecule has 7 aromatic rings. The highest BCUT2D eigenvalue weighted by atomic mass is 16.5. The Morgan fingerprint density at radius 1 is 0.312 bits per heavy atom. The average molecular weight is 1270 g/mol. The third-order valence-electron chi connectivity index (χ3n) is 24.2. The van der Waals surface area contributed by atoms with Crippen LogP contribution in [0.4, 0.5) is 0 Å². The molecule has 0 spiro atoms. The highest BCUT2D eigenvalue weighted by Crippen LogP contribution is 2.45. The molecule has 27 nitrogen and oxygen atoms in total. The van der Waals surface area contributed by atoms with Crippen LogP contribution >= 0.6 is 0 Å². The largest absolute Gasteiger partial charge is 0.490 e. The van der Waals surface area contributed by atoms with Gasteiger partial charge in [-0.25, -0.2) is 19.0 Å². The summed E-state index contributed by atoms with van der Waals surface area (Å²) in [6.45, 7) is 16.8. The molecule has 7 aliphatic heterocycles. The van der Waals surface area contributed by atoms with Gasteiger partial charge in [-0.15, -0.1) is 20.4 Å². The highest BCUT2D eigenvalue weighted by Gasteiger charge is 2.44. The van der Waals surface area contributed by atoms with Crippen LogP contribution in [0.5, 0.6) is 5.75 Å². The van der Waals surface area contributed by atoms with Crippen LogP contribution in [-0.4, -0.2) is 193 Å².